The van der Waals surface area contributed by atoms with Crippen LogP contribution in [0.15, 0.2) is 29.9 Å². The number of carbonyl (C=O) groups is 1. The summed E-state index contributed by atoms with van der Waals surface area (Å²) < 4.78 is 4.46. The second-order valence-electron chi connectivity index (χ2n) is 5.20. The van der Waals surface area contributed by atoms with E-state index in [1.54, 1.807) is 12.4 Å². The summed E-state index contributed by atoms with van der Waals surface area (Å²) >= 11 is 6.18. The van der Waals surface area contributed by atoms with E-state index in [0.29, 0.717) is 17.2 Å². The van der Waals surface area contributed by atoms with Crippen molar-refractivity contribution in [2.45, 2.75) is 25.8 Å². The number of aromatic nitrogens is 1. The summed E-state index contributed by atoms with van der Waals surface area (Å²) in [5.74, 6) is -0.511. The summed E-state index contributed by atoms with van der Waals surface area (Å²) in [5, 5.41) is 7.90. The molecular weight excluding hydrogens is 294 g/mol. The van der Waals surface area contributed by atoms with Gasteiger partial charge in [0.25, 0.3) is 0 Å². The fourth-order valence-electron chi connectivity index (χ4n) is 2.06. The minimum absolute atomic E-state index is 0.201. The minimum atomic E-state index is -0.511. The van der Waals surface area contributed by atoms with Crippen LogP contribution in [-0.2, 0) is 14.4 Å². The van der Waals surface area contributed by atoms with Gasteiger partial charge in [0.15, 0.2) is 0 Å². The second-order valence-corrected chi connectivity index (χ2v) is 5.61. The molecule has 7 heteroatoms. The van der Waals surface area contributed by atoms with Crippen molar-refractivity contribution in [1.29, 1.82) is 0 Å². The largest absolute Gasteiger partial charge is 0.466 e. The molecule has 0 bridgehead atoms. The van der Waals surface area contributed by atoms with Crippen LogP contribution in [0.2, 0.25) is 5.02 Å². The zero-order valence-electron chi connectivity index (χ0n) is 12.0. The summed E-state index contributed by atoms with van der Waals surface area (Å²) in [6.07, 6.45) is 6.19. The molecule has 112 valence electrons. The lowest BCUT2D eigenvalue weighted by molar-refractivity contribution is -0.135. The Morgan fingerprint density at radius 1 is 1.52 bits per heavy atom. The topological polar surface area (TPSA) is 72.8 Å². The summed E-state index contributed by atoms with van der Waals surface area (Å²) in [6.45, 7) is 4.08. The Morgan fingerprint density at radius 3 is 3.00 bits per heavy atom. The van der Waals surface area contributed by atoms with Crippen LogP contribution >= 0.6 is 11.6 Å². The first kappa shape index (κ1) is 15.3. The third kappa shape index (κ3) is 3.72. The lowest BCUT2D eigenvalue weighted by Crippen LogP contribution is -2.38. The van der Waals surface area contributed by atoms with Crippen LogP contribution in [0, 0.1) is 0 Å². The maximum atomic E-state index is 10.9. The molecule has 6 nitrogen and oxygen atoms in total. The highest BCUT2D eigenvalue weighted by molar-refractivity contribution is 6.35. The number of anilines is 1. The van der Waals surface area contributed by atoms with Crippen LogP contribution in [0.25, 0.3) is 0 Å². The average Bonchev–Trinajstić information content (AvgIpc) is 2.41. The van der Waals surface area contributed by atoms with Gasteiger partial charge in [-0.15, -0.1) is 0 Å². The molecule has 0 atom stereocenters. The molecule has 1 aliphatic rings. The number of hydrogen-bond donors (Lipinski definition) is 1. The van der Waals surface area contributed by atoms with Crippen molar-refractivity contribution < 1.29 is 14.4 Å². The van der Waals surface area contributed by atoms with E-state index in [2.05, 4.69) is 20.2 Å². The number of rotatable bonds is 3. The SMILES string of the molecule is COC(=O)/C=C/O/N=C1\CC(C)(C)Nc2cncc(Cl)c21. The Kier molecular flexibility index (Phi) is 4.47. The third-order valence-corrected chi connectivity index (χ3v) is 3.19. The summed E-state index contributed by atoms with van der Waals surface area (Å²) in [6, 6.07) is 0. The summed E-state index contributed by atoms with van der Waals surface area (Å²) in [7, 11) is 1.29. The van der Waals surface area contributed by atoms with Crippen LogP contribution in [0.1, 0.15) is 25.8 Å². The molecule has 1 aliphatic heterocycles. The van der Waals surface area contributed by atoms with E-state index < -0.39 is 5.97 Å². The van der Waals surface area contributed by atoms with Crippen LogP contribution in [0.3, 0.4) is 0 Å². The van der Waals surface area contributed by atoms with Crippen LogP contribution in [0.4, 0.5) is 5.69 Å². The van der Waals surface area contributed by atoms with E-state index in [4.69, 9.17) is 16.4 Å². The smallest absolute Gasteiger partial charge is 0.333 e. The van der Waals surface area contributed by atoms with Gasteiger partial charge < -0.3 is 14.9 Å². The van der Waals surface area contributed by atoms with Crippen molar-refractivity contribution in [3.63, 3.8) is 0 Å². The van der Waals surface area contributed by atoms with Crippen molar-refractivity contribution in [2.24, 2.45) is 5.16 Å². The fraction of sp³-hybridized carbons (Fsp3) is 0.357. The molecule has 0 unspecified atom stereocenters. The Hall–Kier alpha value is -2.08. The lowest BCUT2D eigenvalue weighted by Gasteiger charge is -2.34. The molecule has 2 heterocycles. The summed E-state index contributed by atoms with van der Waals surface area (Å²) in [5.41, 5.74) is 2.05. The maximum Gasteiger partial charge on any atom is 0.333 e. The molecule has 1 aromatic heterocycles. The Morgan fingerprint density at radius 2 is 2.29 bits per heavy atom. The predicted octanol–water partition coefficient (Wildman–Crippen LogP) is 2.74. The van der Waals surface area contributed by atoms with Gasteiger partial charge in [-0.1, -0.05) is 16.8 Å². The number of carbonyl (C=O) groups excluding carboxylic acids is 1. The number of pyridine rings is 1. The highest BCUT2D eigenvalue weighted by Crippen LogP contribution is 2.34. The van der Waals surface area contributed by atoms with E-state index in [-0.39, 0.29) is 5.54 Å². The average molecular weight is 310 g/mol. The van der Waals surface area contributed by atoms with E-state index >= 15 is 0 Å². The zero-order valence-corrected chi connectivity index (χ0v) is 12.8. The van der Waals surface area contributed by atoms with Crippen LogP contribution < -0.4 is 5.32 Å². The number of halogens is 1. The van der Waals surface area contributed by atoms with E-state index in [1.807, 2.05) is 13.8 Å². The fourth-order valence-corrected chi connectivity index (χ4v) is 2.33. The van der Waals surface area contributed by atoms with Gasteiger partial charge in [0, 0.05) is 23.7 Å². The highest BCUT2D eigenvalue weighted by atomic mass is 35.5. The van der Waals surface area contributed by atoms with Crippen molar-refractivity contribution in [3.05, 3.63) is 35.3 Å². The number of nitrogens with zero attached hydrogens (tertiary/aromatic N) is 2. The first-order valence-electron chi connectivity index (χ1n) is 6.32. The van der Waals surface area contributed by atoms with Gasteiger partial charge >= 0.3 is 5.97 Å². The van der Waals surface area contributed by atoms with Gasteiger partial charge in [-0.2, -0.15) is 0 Å². The molecular formula is C14H16ClN3O3. The number of nitrogens with one attached hydrogen (secondary N) is 1. The second kappa shape index (κ2) is 6.13. The quantitative estimate of drug-likeness (QED) is 0.402. The first-order chi connectivity index (χ1) is 9.93. The van der Waals surface area contributed by atoms with E-state index in [9.17, 15) is 4.79 Å². The summed E-state index contributed by atoms with van der Waals surface area (Å²) in [4.78, 5) is 20.1. The molecule has 1 aromatic rings. The molecule has 0 aromatic carbocycles. The molecule has 1 N–H and O–H groups in total. The molecule has 0 saturated carbocycles. The van der Waals surface area contributed by atoms with Gasteiger partial charge in [0.05, 0.1) is 35.8 Å². The number of esters is 1. The molecule has 0 spiro atoms. The predicted molar refractivity (Wildman–Crippen MR) is 80.3 cm³/mol. The van der Waals surface area contributed by atoms with Gasteiger partial charge in [-0.25, -0.2) is 4.79 Å². The Balaban J connectivity index is 2.27. The third-order valence-electron chi connectivity index (χ3n) is 2.90. The molecule has 0 fully saturated rings. The number of fused-ring (bicyclic) bond motifs is 1. The number of hydrogen-bond acceptors (Lipinski definition) is 6. The number of methoxy groups -OCH3 is 1. The van der Waals surface area contributed by atoms with E-state index in [0.717, 1.165) is 17.3 Å². The van der Waals surface area contributed by atoms with Gasteiger partial charge in [0.2, 0.25) is 0 Å². The van der Waals surface area contributed by atoms with Crippen molar-refractivity contribution in [3.8, 4) is 0 Å². The molecule has 0 radical (unpaired) electrons. The highest BCUT2D eigenvalue weighted by Gasteiger charge is 2.31. The van der Waals surface area contributed by atoms with Crippen LogP contribution in [-0.4, -0.2) is 29.3 Å². The molecule has 0 amide bonds. The molecule has 21 heavy (non-hydrogen) atoms. The van der Waals surface area contributed by atoms with Gasteiger partial charge in [-0.05, 0) is 13.8 Å². The first-order valence-corrected chi connectivity index (χ1v) is 6.70. The standard InChI is InChI=1S/C14H16ClN3O3/c1-14(2)6-10(18-21-5-4-12(19)20-3)13-9(15)7-16-8-11(13)17-14/h4-5,7-8,17H,6H2,1-3H3/b5-4+,18-10+. The van der Waals surface area contributed by atoms with E-state index in [1.165, 1.54) is 13.4 Å². The molecule has 0 saturated heterocycles. The monoisotopic (exact) mass is 309 g/mol. The Labute approximate surface area is 127 Å². The molecule has 0 aliphatic carbocycles. The maximum absolute atomic E-state index is 10.9. The van der Waals surface area contributed by atoms with Crippen molar-refractivity contribution in [2.75, 3.05) is 12.4 Å². The number of oxime groups is 1. The van der Waals surface area contributed by atoms with Gasteiger partial charge in [-0.3, -0.25) is 4.98 Å². The number of ether oxygens (including phenoxy) is 1. The van der Waals surface area contributed by atoms with Crippen molar-refractivity contribution >= 4 is 29.0 Å². The Bertz CT molecular complexity index is 611. The molecule has 2 rings (SSSR count). The van der Waals surface area contributed by atoms with Gasteiger partial charge in [0.1, 0.15) is 6.26 Å². The zero-order chi connectivity index (χ0) is 15.5. The minimum Gasteiger partial charge on any atom is -0.466 e. The van der Waals surface area contributed by atoms with Crippen molar-refractivity contribution in [1.82, 2.24) is 4.98 Å². The normalized spacial score (nSPS) is 18.2. The van der Waals surface area contributed by atoms with Crippen LogP contribution in [0.5, 0.6) is 0 Å². The lowest BCUT2D eigenvalue weighted by atomic mass is 9.88.